The molecule has 2 amide bonds. The second-order valence-electron chi connectivity index (χ2n) is 5.76. The molecule has 2 aromatic carbocycles. The van der Waals surface area contributed by atoms with Crippen LogP contribution in [0.15, 0.2) is 47.6 Å². The number of aryl methyl sites for hydroxylation is 2. The minimum absolute atomic E-state index is 0.299. The number of para-hydroxylation sites is 1. The normalized spacial score (nSPS) is 10.6. The molecule has 0 aromatic heterocycles. The quantitative estimate of drug-likeness (QED) is 0.456. The summed E-state index contributed by atoms with van der Waals surface area (Å²) < 4.78 is 5.24. The molecule has 6 heteroatoms. The Morgan fingerprint density at radius 2 is 1.92 bits per heavy atom. The van der Waals surface area contributed by atoms with Crippen molar-refractivity contribution in [2.45, 2.75) is 26.7 Å². The Morgan fingerprint density at radius 1 is 1.15 bits per heavy atom. The number of hydrazone groups is 1. The van der Waals surface area contributed by atoms with Crippen molar-refractivity contribution in [3.63, 3.8) is 0 Å². The average molecular weight is 353 g/mol. The molecule has 0 bridgehead atoms. The Morgan fingerprint density at radius 3 is 2.65 bits per heavy atom. The van der Waals surface area contributed by atoms with Crippen LogP contribution in [-0.2, 0) is 16.0 Å². The van der Waals surface area contributed by atoms with Crippen LogP contribution in [-0.4, -0.2) is 25.1 Å². The van der Waals surface area contributed by atoms with Gasteiger partial charge in [-0.1, -0.05) is 37.3 Å². The molecule has 0 saturated carbocycles. The van der Waals surface area contributed by atoms with Crippen LogP contribution in [0.3, 0.4) is 0 Å². The minimum atomic E-state index is -0.480. The standard InChI is InChI=1S/C20H23N3O3/c1-4-16-7-5-6-8-17(16)22-19(24)12-20(25)23-21-13-15-10-9-14(2)18(11-15)26-3/h5-11,13H,4,12H2,1-3H3,(H,22,24)(H,23,25). The van der Waals surface area contributed by atoms with Crippen molar-refractivity contribution in [1.29, 1.82) is 0 Å². The second-order valence-corrected chi connectivity index (χ2v) is 5.76. The molecule has 0 saturated heterocycles. The number of hydrogen-bond acceptors (Lipinski definition) is 4. The Hall–Kier alpha value is -3.15. The number of rotatable bonds is 7. The van der Waals surface area contributed by atoms with Gasteiger partial charge < -0.3 is 10.1 Å². The van der Waals surface area contributed by atoms with Gasteiger partial charge in [-0.05, 0) is 42.2 Å². The van der Waals surface area contributed by atoms with E-state index in [-0.39, 0.29) is 12.3 Å². The zero-order valence-electron chi connectivity index (χ0n) is 15.2. The van der Waals surface area contributed by atoms with E-state index >= 15 is 0 Å². The van der Waals surface area contributed by atoms with Crippen molar-refractivity contribution in [2.75, 3.05) is 12.4 Å². The monoisotopic (exact) mass is 353 g/mol. The molecule has 0 radical (unpaired) electrons. The summed E-state index contributed by atoms with van der Waals surface area (Å²) in [6.07, 6.45) is 2.00. The number of carbonyl (C=O) groups excluding carboxylic acids is 2. The molecule has 0 atom stereocenters. The molecule has 0 aliphatic heterocycles. The highest BCUT2D eigenvalue weighted by Gasteiger charge is 2.10. The molecule has 6 nitrogen and oxygen atoms in total. The topological polar surface area (TPSA) is 79.8 Å². The van der Waals surface area contributed by atoms with Gasteiger partial charge in [0.25, 0.3) is 0 Å². The number of ether oxygens (including phenoxy) is 1. The summed E-state index contributed by atoms with van der Waals surface area (Å²) in [5.41, 5.74) is 5.90. The summed E-state index contributed by atoms with van der Waals surface area (Å²) >= 11 is 0. The van der Waals surface area contributed by atoms with Gasteiger partial charge in [0, 0.05) is 5.69 Å². The van der Waals surface area contributed by atoms with E-state index in [1.165, 1.54) is 6.21 Å². The fraction of sp³-hybridized carbons (Fsp3) is 0.250. The lowest BCUT2D eigenvalue weighted by molar-refractivity contribution is -0.126. The molecular weight excluding hydrogens is 330 g/mol. The van der Waals surface area contributed by atoms with E-state index in [2.05, 4.69) is 15.8 Å². The van der Waals surface area contributed by atoms with E-state index in [0.717, 1.165) is 34.5 Å². The number of amides is 2. The molecule has 2 N–H and O–H groups in total. The highest BCUT2D eigenvalue weighted by molar-refractivity contribution is 6.04. The molecule has 0 fully saturated rings. The van der Waals surface area contributed by atoms with Gasteiger partial charge in [0.05, 0.1) is 13.3 Å². The number of hydrogen-bond donors (Lipinski definition) is 2. The third kappa shape index (κ3) is 5.44. The summed E-state index contributed by atoms with van der Waals surface area (Å²) in [6.45, 7) is 3.95. The highest BCUT2D eigenvalue weighted by atomic mass is 16.5. The molecule has 136 valence electrons. The fourth-order valence-corrected chi connectivity index (χ4v) is 2.43. The maximum absolute atomic E-state index is 12.0. The summed E-state index contributed by atoms with van der Waals surface area (Å²) in [5.74, 6) is -0.114. The van der Waals surface area contributed by atoms with Crippen LogP contribution >= 0.6 is 0 Å². The van der Waals surface area contributed by atoms with Crippen LogP contribution in [0, 0.1) is 6.92 Å². The number of nitrogens with one attached hydrogen (secondary N) is 2. The van der Waals surface area contributed by atoms with Gasteiger partial charge in [0.15, 0.2) is 0 Å². The Labute approximate surface area is 153 Å². The number of carbonyl (C=O) groups is 2. The van der Waals surface area contributed by atoms with Crippen LogP contribution in [0.25, 0.3) is 0 Å². The number of nitrogens with zero attached hydrogens (tertiary/aromatic N) is 1. The average Bonchev–Trinajstić information content (AvgIpc) is 2.63. The van der Waals surface area contributed by atoms with Crippen LogP contribution in [0.2, 0.25) is 0 Å². The van der Waals surface area contributed by atoms with Gasteiger partial charge in [0.2, 0.25) is 11.8 Å². The summed E-state index contributed by atoms with van der Waals surface area (Å²) in [7, 11) is 1.60. The fourth-order valence-electron chi connectivity index (χ4n) is 2.43. The zero-order chi connectivity index (χ0) is 18.9. The van der Waals surface area contributed by atoms with Crippen molar-refractivity contribution in [3.8, 4) is 5.75 Å². The first kappa shape index (κ1) is 19.2. The summed E-state index contributed by atoms with van der Waals surface area (Å²) in [4.78, 5) is 23.9. The van der Waals surface area contributed by atoms with Crippen LogP contribution in [0.4, 0.5) is 5.69 Å². The van der Waals surface area contributed by atoms with Gasteiger partial charge in [-0.25, -0.2) is 5.43 Å². The van der Waals surface area contributed by atoms with Crippen molar-refractivity contribution in [3.05, 3.63) is 59.2 Å². The van der Waals surface area contributed by atoms with E-state index in [1.807, 2.05) is 56.3 Å². The van der Waals surface area contributed by atoms with Gasteiger partial charge in [0.1, 0.15) is 12.2 Å². The van der Waals surface area contributed by atoms with Crippen LogP contribution in [0.5, 0.6) is 5.75 Å². The van der Waals surface area contributed by atoms with Crippen molar-refractivity contribution >= 4 is 23.7 Å². The van der Waals surface area contributed by atoms with E-state index in [0.29, 0.717) is 0 Å². The zero-order valence-corrected chi connectivity index (χ0v) is 15.2. The molecule has 0 aliphatic rings. The third-order valence-corrected chi connectivity index (χ3v) is 3.83. The smallest absolute Gasteiger partial charge is 0.249 e. The summed E-state index contributed by atoms with van der Waals surface area (Å²) in [6, 6.07) is 13.1. The summed E-state index contributed by atoms with van der Waals surface area (Å²) in [5, 5.41) is 6.63. The van der Waals surface area contributed by atoms with Gasteiger partial charge >= 0.3 is 0 Å². The predicted molar refractivity (Wildman–Crippen MR) is 103 cm³/mol. The van der Waals surface area contributed by atoms with E-state index in [9.17, 15) is 9.59 Å². The van der Waals surface area contributed by atoms with Crippen LogP contribution in [0.1, 0.15) is 30.0 Å². The Kier molecular flexibility index (Phi) is 6.91. The number of benzene rings is 2. The minimum Gasteiger partial charge on any atom is -0.496 e. The molecule has 2 aromatic rings. The van der Waals surface area contributed by atoms with Gasteiger partial charge in [-0.15, -0.1) is 0 Å². The first-order valence-corrected chi connectivity index (χ1v) is 8.37. The van der Waals surface area contributed by atoms with E-state index < -0.39 is 5.91 Å². The first-order valence-electron chi connectivity index (χ1n) is 8.37. The first-order chi connectivity index (χ1) is 12.5. The predicted octanol–water partition coefficient (Wildman–Crippen LogP) is 3.04. The lowest BCUT2D eigenvalue weighted by atomic mass is 10.1. The van der Waals surface area contributed by atoms with Gasteiger partial charge in [-0.2, -0.15) is 5.10 Å². The largest absolute Gasteiger partial charge is 0.496 e. The number of methoxy groups -OCH3 is 1. The third-order valence-electron chi connectivity index (χ3n) is 3.83. The molecular formula is C20H23N3O3. The van der Waals surface area contributed by atoms with E-state index in [4.69, 9.17) is 4.74 Å². The Bertz CT molecular complexity index is 816. The van der Waals surface area contributed by atoms with Crippen molar-refractivity contribution in [1.82, 2.24) is 5.43 Å². The molecule has 26 heavy (non-hydrogen) atoms. The number of anilines is 1. The maximum Gasteiger partial charge on any atom is 0.249 e. The lowest BCUT2D eigenvalue weighted by Gasteiger charge is -2.09. The molecule has 2 rings (SSSR count). The second kappa shape index (κ2) is 9.36. The molecule has 0 spiro atoms. The molecule has 0 aliphatic carbocycles. The maximum atomic E-state index is 12.0. The SMILES string of the molecule is CCc1ccccc1NC(=O)CC(=O)NN=Cc1ccc(C)c(OC)c1. The van der Waals surface area contributed by atoms with Gasteiger partial charge in [-0.3, -0.25) is 9.59 Å². The lowest BCUT2D eigenvalue weighted by Crippen LogP contribution is -2.25. The highest BCUT2D eigenvalue weighted by Crippen LogP contribution is 2.18. The Balaban J connectivity index is 1.87. The van der Waals surface area contributed by atoms with E-state index in [1.54, 1.807) is 7.11 Å². The molecule has 0 unspecified atom stereocenters. The van der Waals surface area contributed by atoms with Crippen molar-refractivity contribution in [2.24, 2.45) is 5.10 Å². The van der Waals surface area contributed by atoms with Crippen molar-refractivity contribution < 1.29 is 14.3 Å². The van der Waals surface area contributed by atoms with Crippen LogP contribution < -0.4 is 15.5 Å². The molecule has 0 heterocycles.